The van der Waals surface area contributed by atoms with Gasteiger partial charge in [0.25, 0.3) is 0 Å². The Labute approximate surface area is 414 Å². The number of rotatable bonds is 9. The van der Waals surface area contributed by atoms with Gasteiger partial charge in [0.05, 0.1) is 27.8 Å². The third kappa shape index (κ3) is 6.42. The Balaban J connectivity index is 0.817. The lowest BCUT2D eigenvalue weighted by molar-refractivity contribution is 0.483. The molecule has 0 spiro atoms. The van der Waals surface area contributed by atoms with E-state index >= 15 is 0 Å². The van der Waals surface area contributed by atoms with Gasteiger partial charge in [0.1, 0.15) is 24.0 Å². The molecule has 0 unspecified atom stereocenters. The maximum Gasteiger partial charge on any atom is 0.137 e. The summed E-state index contributed by atoms with van der Waals surface area (Å²) in [5.41, 5.74) is 16.6. The summed E-state index contributed by atoms with van der Waals surface area (Å²) in [7, 11) is 0. The minimum atomic E-state index is -0.479. The molecule has 0 radical (unpaired) electrons. The monoisotopic (exact) mass is 914 g/mol. The fourth-order valence-corrected chi connectivity index (χ4v) is 12.7. The van der Waals surface area contributed by atoms with E-state index in [0.717, 1.165) is 63.9 Å². The summed E-state index contributed by atoms with van der Waals surface area (Å²) in [6, 6.07) is 86.2. The predicted molar refractivity (Wildman–Crippen MR) is 290 cm³/mol. The number of hydrogen-bond acceptors (Lipinski definition) is 4. The quantitative estimate of drug-likeness (QED) is 0.144. The SMILES string of the molecule is c1ccc(C2(c3ccnc(-n4c5ccccc5c5ccc(Oc6cccc(N7CN(c8ccc9c(c8)C(c8ccccc8)(c8ccccc8)c8ccccc8-9)c8ccccc87)c6)cc54)c3)CCCC2)cc1. The number of para-hydroxylation sites is 3. The number of pyridine rings is 1. The van der Waals surface area contributed by atoms with Crippen molar-refractivity contribution in [1.29, 1.82) is 0 Å². The van der Waals surface area contributed by atoms with Crippen LogP contribution in [0.3, 0.4) is 0 Å². The minimum absolute atomic E-state index is 0.0196. The van der Waals surface area contributed by atoms with Crippen molar-refractivity contribution in [2.75, 3.05) is 16.5 Å². The summed E-state index contributed by atoms with van der Waals surface area (Å²) in [4.78, 5) is 9.92. The molecule has 14 rings (SSSR count). The van der Waals surface area contributed by atoms with Crippen molar-refractivity contribution in [1.82, 2.24) is 9.55 Å². The lowest BCUT2D eigenvalue weighted by atomic mass is 9.67. The Morgan fingerprint density at radius 3 is 1.76 bits per heavy atom. The molecule has 1 saturated carbocycles. The lowest BCUT2D eigenvalue weighted by Gasteiger charge is -2.34. The predicted octanol–water partition coefficient (Wildman–Crippen LogP) is 16.4. The molecule has 2 aliphatic carbocycles. The second-order valence-corrected chi connectivity index (χ2v) is 19.4. The standard InChI is InChI=1S/C66H50N4O/c1-4-19-46(20-5-1)65(38-16-17-39-65)49-37-40-67-64(41-49)70-60-30-13-11-28-56(60)57-36-34-53(44-63(57)70)71-52-26-18-25-50(42-52)68-45-69(62-32-15-14-31-61(62)68)51-33-35-55-54-27-10-12-29-58(54)66(59(55)43-51,47-21-6-2-7-22-47)48-23-8-3-9-24-48/h1-15,18-37,40-44H,16-17,38-39,45H2. The fraction of sp³-hybridized carbons (Fsp3) is 0.106. The number of fused-ring (bicyclic) bond motifs is 7. The molecule has 5 heteroatoms. The lowest BCUT2D eigenvalue weighted by Crippen LogP contribution is -2.29. The van der Waals surface area contributed by atoms with Crippen molar-refractivity contribution in [2.45, 2.75) is 36.5 Å². The van der Waals surface area contributed by atoms with Crippen molar-refractivity contribution in [3.8, 4) is 28.4 Å². The normalized spacial score (nSPS) is 15.2. The van der Waals surface area contributed by atoms with Crippen molar-refractivity contribution in [3.05, 3.63) is 276 Å². The molecule has 1 fully saturated rings. The summed E-state index contributed by atoms with van der Waals surface area (Å²) >= 11 is 0. The third-order valence-corrected chi connectivity index (χ3v) is 15.8. The van der Waals surface area contributed by atoms with Crippen LogP contribution < -0.4 is 14.5 Å². The first-order valence-electron chi connectivity index (χ1n) is 25.0. The number of nitrogens with zero attached hydrogens (tertiary/aromatic N) is 4. The molecule has 71 heavy (non-hydrogen) atoms. The number of anilines is 4. The Hall–Kier alpha value is -8.67. The van der Waals surface area contributed by atoms with Gasteiger partial charge in [-0.3, -0.25) is 4.57 Å². The summed E-state index contributed by atoms with van der Waals surface area (Å²) < 4.78 is 9.19. The van der Waals surface area contributed by atoms with E-state index in [2.05, 4.69) is 251 Å². The van der Waals surface area contributed by atoms with Gasteiger partial charge in [-0.25, -0.2) is 4.98 Å². The average molecular weight is 915 g/mol. The third-order valence-electron chi connectivity index (χ3n) is 15.8. The maximum atomic E-state index is 6.87. The highest BCUT2D eigenvalue weighted by Crippen LogP contribution is 2.58. The molecule has 0 bridgehead atoms. The van der Waals surface area contributed by atoms with Crippen LogP contribution in [0.25, 0.3) is 38.8 Å². The molecule has 2 aromatic heterocycles. The molecule has 340 valence electrons. The highest BCUT2D eigenvalue weighted by atomic mass is 16.5. The van der Waals surface area contributed by atoms with Gasteiger partial charge in [0.2, 0.25) is 0 Å². The van der Waals surface area contributed by atoms with E-state index < -0.39 is 5.41 Å². The van der Waals surface area contributed by atoms with Gasteiger partial charge in [-0.15, -0.1) is 0 Å². The van der Waals surface area contributed by atoms with Gasteiger partial charge in [0, 0.05) is 45.9 Å². The minimum Gasteiger partial charge on any atom is -0.457 e. The summed E-state index contributed by atoms with van der Waals surface area (Å²) in [6.07, 6.45) is 6.73. The first kappa shape index (κ1) is 41.3. The molecule has 5 nitrogen and oxygen atoms in total. The zero-order valence-corrected chi connectivity index (χ0v) is 39.3. The zero-order valence-electron chi connectivity index (χ0n) is 39.3. The van der Waals surface area contributed by atoms with Crippen molar-refractivity contribution < 1.29 is 4.74 Å². The van der Waals surface area contributed by atoms with Crippen molar-refractivity contribution in [3.63, 3.8) is 0 Å². The highest BCUT2D eigenvalue weighted by Gasteiger charge is 2.46. The molecule has 9 aromatic carbocycles. The first-order chi connectivity index (χ1) is 35.2. The topological polar surface area (TPSA) is 33.5 Å². The van der Waals surface area contributed by atoms with E-state index in [1.165, 1.54) is 68.1 Å². The Kier molecular flexibility index (Phi) is 9.60. The smallest absolute Gasteiger partial charge is 0.137 e. The van der Waals surface area contributed by atoms with Gasteiger partial charge in [0.15, 0.2) is 0 Å². The molecule has 0 saturated heterocycles. The average Bonchev–Trinajstić information content (AvgIpc) is 4.23. The van der Waals surface area contributed by atoms with Crippen LogP contribution in [-0.2, 0) is 10.8 Å². The molecule has 0 atom stereocenters. The number of ether oxygens (including phenoxy) is 1. The van der Waals surface area contributed by atoms with Crippen LogP contribution in [-0.4, -0.2) is 16.2 Å². The summed E-state index contributed by atoms with van der Waals surface area (Å²) in [5, 5.41) is 2.36. The van der Waals surface area contributed by atoms with Gasteiger partial charge in [-0.1, -0.05) is 171 Å². The van der Waals surface area contributed by atoms with Gasteiger partial charge >= 0.3 is 0 Å². The van der Waals surface area contributed by atoms with E-state index in [9.17, 15) is 0 Å². The van der Waals surface area contributed by atoms with Gasteiger partial charge in [-0.05, 0) is 124 Å². The van der Waals surface area contributed by atoms with Gasteiger partial charge < -0.3 is 14.5 Å². The number of aromatic nitrogens is 2. The van der Waals surface area contributed by atoms with Crippen LogP contribution in [0.2, 0.25) is 0 Å². The number of hydrogen-bond donors (Lipinski definition) is 0. The van der Waals surface area contributed by atoms with E-state index in [-0.39, 0.29) is 5.41 Å². The largest absolute Gasteiger partial charge is 0.457 e. The second kappa shape index (κ2) is 16.5. The van der Waals surface area contributed by atoms with Crippen LogP contribution in [0.4, 0.5) is 22.7 Å². The zero-order chi connectivity index (χ0) is 46.9. The molecule has 0 amide bonds. The van der Waals surface area contributed by atoms with Gasteiger partial charge in [-0.2, -0.15) is 0 Å². The van der Waals surface area contributed by atoms with Crippen LogP contribution in [0.5, 0.6) is 11.5 Å². The van der Waals surface area contributed by atoms with E-state index in [4.69, 9.17) is 9.72 Å². The van der Waals surface area contributed by atoms with Crippen molar-refractivity contribution in [2.24, 2.45) is 0 Å². The Morgan fingerprint density at radius 1 is 0.408 bits per heavy atom. The molecular weight excluding hydrogens is 865 g/mol. The molecule has 3 aliphatic rings. The van der Waals surface area contributed by atoms with Crippen LogP contribution in [0, 0.1) is 0 Å². The maximum absolute atomic E-state index is 6.87. The molecule has 11 aromatic rings. The molecule has 1 aliphatic heterocycles. The highest BCUT2D eigenvalue weighted by molar-refractivity contribution is 6.09. The fourth-order valence-electron chi connectivity index (χ4n) is 12.7. The van der Waals surface area contributed by atoms with E-state index in [1.54, 1.807) is 0 Å². The van der Waals surface area contributed by atoms with E-state index in [0.29, 0.717) is 6.67 Å². The first-order valence-corrected chi connectivity index (χ1v) is 25.0. The summed E-state index contributed by atoms with van der Waals surface area (Å²) in [5.74, 6) is 2.47. The molecule has 0 N–H and O–H groups in total. The Morgan fingerprint density at radius 2 is 1.01 bits per heavy atom. The van der Waals surface area contributed by atoms with Crippen LogP contribution in [0.1, 0.15) is 59.1 Å². The summed E-state index contributed by atoms with van der Waals surface area (Å²) in [6.45, 7) is 0.641. The Bertz CT molecular complexity index is 3760. The van der Waals surface area contributed by atoms with E-state index in [1.807, 2.05) is 6.20 Å². The second-order valence-electron chi connectivity index (χ2n) is 19.4. The van der Waals surface area contributed by atoms with Crippen LogP contribution >= 0.6 is 0 Å². The van der Waals surface area contributed by atoms with Crippen LogP contribution in [0.15, 0.2) is 243 Å². The molecular formula is C66H50N4O. The molecule has 3 heterocycles. The van der Waals surface area contributed by atoms with Crippen molar-refractivity contribution >= 4 is 44.6 Å². The number of benzene rings is 9.